The summed E-state index contributed by atoms with van der Waals surface area (Å²) in [5.74, 6) is -0.100. The lowest BCUT2D eigenvalue weighted by Crippen LogP contribution is -2.32. The van der Waals surface area contributed by atoms with Crippen LogP contribution in [0.25, 0.3) is 11.3 Å². The fourth-order valence-electron chi connectivity index (χ4n) is 2.81. The molecule has 32 heavy (non-hydrogen) atoms. The van der Waals surface area contributed by atoms with Gasteiger partial charge in [0.15, 0.2) is 5.13 Å². The van der Waals surface area contributed by atoms with Gasteiger partial charge in [-0.05, 0) is 62.4 Å². The van der Waals surface area contributed by atoms with E-state index in [4.69, 9.17) is 4.74 Å². The van der Waals surface area contributed by atoms with Crippen molar-refractivity contribution in [3.05, 3.63) is 59.0 Å². The average molecular weight is 461 g/mol. The van der Waals surface area contributed by atoms with Crippen molar-refractivity contribution in [3.63, 3.8) is 0 Å². The molecule has 10 heteroatoms. The summed E-state index contributed by atoms with van der Waals surface area (Å²) in [6, 6.07) is 12.7. The lowest BCUT2D eigenvalue weighted by atomic mass is 10.1. The molecule has 168 valence electrons. The van der Waals surface area contributed by atoms with Gasteiger partial charge >= 0.3 is 6.61 Å². The van der Waals surface area contributed by atoms with E-state index in [0.29, 0.717) is 34.3 Å². The molecule has 0 fully saturated rings. The highest BCUT2D eigenvalue weighted by molar-refractivity contribution is 7.16. The number of nitrogens with one attached hydrogen (secondary N) is 2. The van der Waals surface area contributed by atoms with Gasteiger partial charge < -0.3 is 20.1 Å². The molecular weight excluding hydrogens is 440 g/mol. The third kappa shape index (κ3) is 6.24. The van der Waals surface area contributed by atoms with E-state index in [-0.39, 0.29) is 18.2 Å². The zero-order chi connectivity index (χ0) is 23.1. The largest absolute Gasteiger partial charge is 0.494 e. The number of nitrogens with zero attached hydrogens (tertiary/aromatic N) is 1. The Balaban J connectivity index is 1.56. The molecule has 7 nitrogen and oxygen atoms in total. The van der Waals surface area contributed by atoms with Crippen molar-refractivity contribution in [2.45, 2.75) is 20.5 Å². The summed E-state index contributed by atoms with van der Waals surface area (Å²) < 4.78 is 34.2. The summed E-state index contributed by atoms with van der Waals surface area (Å²) >= 11 is 1.27. The summed E-state index contributed by atoms with van der Waals surface area (Å²) in [5.41, 5.74) is 1.73. The first-order valence-electron chi connectivity index (χ1n) is 9.69. The number of benzene rings is 2. The fourth-order valence-corrected chi connectivity index (χ4v) is 3.66. The quantitative estimate of drug-likeness (QED) is 0.490. The van der Waals surface area contributed by atoms with Crippen LogP contribution in [0.4, 0.5) is 13.9 Å². The highest BCUT2D eigenvalue weighted by Crippen LogP contribution is 2.31. The number of carbonyl (C=O) groups excluding carboxylic acids is 2. The molecule has 0 saturated carbocycles. The van der Waals surface area contributed by atoms with E-state index in [2.05, 4.69) is 20.4 Å². The number of halogens is 2. The van der Waals surface area contributed by atoms with Crippen LogP contribution < -0.4 is 20.1 Å². The number of hydrogen-bond donors (Lipinski definition) is 2. The molecule has 2 N–H and O–H groups in total. The number of carbonyl (C=O) groups is 2. The van der Waals surface area contributed by atoms with Crippen molar-refractivity contribution in [1.82, 2.24) is 10.3 Å². The Hall–Kier alpha value is -3.53. The maximum atomic E-state index is 12.3. The Morgan fingerprint density at radius 3 is 2.34 bits per heavy atom. The van der Waals surface area contributed by atoms with Gasteiger partial charge in [0.2, 0.25) is 5.91 Å². The number of amides is 2. The molecule has 2 amide bonds. The van der Waals surface area contributed by atoms with Crippen molar-refractivity contribution >= 4 is 28.3 Å². The Labute approximate surface area is 187 Å². The molecule has 1 aromatic heterocycles. The first kappa shape index (κ1) is 23.1. The molecule has 3 rings (SSSR count). The van der Waals surface area contributed by atoms with Gasteiger partial charge in [0.25, 0.3) is 5.91 Å². The van der Waals surface area contributed by atoms with Crippen LogP contribution in [-0.4, -0.2) is 36.6 Å². The van der Waals surface area contributed by atoms with E-state index in [1.807, 2.05) is 13.8 Å². The Kier molecular flexibility index (Phi) is 7.72. The third-order valence-electron chi connectivity index (χ3n) is 4.23. The third-order valence-corrected chi connectivity index (χ3v) is 5.12. The monoisotopic (exact) mass is 461 g/mol. The van der Waals surface area contributed by atoms with E-state index in [1.165, 1.54) is 23.5 Å². The van der Waals surface area contributed by atoms with Crippen molar-refractivity contribution in [2.24, 2.45) is 0 Å². The topological polar surface area (TPSA) is 89.5 Å². The number of anilines is 1. The molecule has 0 aliphatic carbocycles. The van der Waals surface area contributed by atoms with Crippen molar-refractivity contribution in [1.29, 1.82) is 0 Å². The predicted octanol–water partition coefficient (Wildman–Crippen LogP) is 4.49. The minimum absolute atomic E-state index is 0.0495. The molecule has 1 heterocycles. The molecule has 3 aromatic rings. The zero-order valence-corrected chi connectivity index (χ0v) is 18.2. The van der Waals surface area contributed by atoms with Crippen LogP contribution in [0.3, 0.4) is 0 Å². The number of aromatic nitrogens is 1. The van der Waals surface area contributed by atoms with Crippen LogP contribution in [0.1, 0.15) is 22.2 Å². The molecule has 0 unspecified atom stereocenters. The molecular formula is C22H21F2N3O4S. The van der Waals surface area contributed by atoms with Gasteiger partial charge in [0.1, 0.15) is 11.5 Å². The van der Waals surface area contributed by atoms with Gasteiger partial charge in [0, 0.05) is 16.0 Å². The smallest absolute Gasteiger partial charge is 0.387 e. The van der Waals surface area contributed by atoms with Crippen molar-refractivity contribution in [3.8, 4) is 22.8 Å². The molecule has 0 spiro atoms. The van der Waals surface area contributed by atoms with Gasteiger partial charge in [0.05, 0.1) is 18.8 Å². The number of alkyl halides is 2. The second kappa shape index (κ2) is 10.7. The SMILES string of the molecule is CCOc1ccc(C(=O)NCC(=O)Nc2nc(-c3ccc(OC(F)F)cc3)c(C)s2)cc1. The minimum Gasteiger partial charge on any atom is -0.494 e. The number of thiazole rings is 1. The molecule has 0 aliphatic heterocycles. The lowest BCUT2D eigenvalue weighted by Gasteiger charge is -2.07. The standard InChI is InChI=1S/C22H21F2N3O4S/c1-3-30-16-8-6-15(7-9-16)20(29)25-12-18(28)26-22-27-19(13(2)32-22)14-4-10-17(11-5-14)31-21(23)24/h4-11,21H,3,12H2,1-2H3,(H,25,29)(H,26,27,28). The Bertz CT molecular complexity index is 1070. The highest BCUT2D eigenvalue weighted by atomic mass is 32.1. The number of hydrogen-bond acceptors (Lipinski definition) is 6. The Morgan fingerprint density at radius 1 is 1.06 bits per heavy atom. The first-order chi connectivity index (χ1) is 15.4. The lowest BCUT2D eigenvalue weighted by molar-refractivity contribution is -0.115. The van der Waals surface area contributed by atoms with E-state index in [1.54, 1.807) is 36.4 Å². The highest BCUT2D eigenvalue weighted by Gasteiger charge is 2.14. The van der Waals surface area contributed by atoms with Crippen molar-refractivity contribution in [2.75, 3.05) is 18.5 Å². The van der Waals surface area contributed by atoms with Gasteiger partial charge in [-0.2, -0.15) is 8.78 Å². The summed E-state index contributed by atoms with van der Waals surface area (Å²) in [5, 5.41) is 5.57. The van der Waals surface area contributed by atoms with Gasteiger partial charge in [-0.3, -0.25) is 9.59 Å². The Morgan fingerprint density at radius 2 is 1.72 bits per heavy atom. The molecule has 0 aliphatic rings. The van der Waals surface area contributed by atoms with Gasteiger partial charge in [-0.15, -0.1) is 11.3 Å². The molecule has 0 saturated heterocycles. The second-order valence-corrected chi connectivity index (χ2v) is 7.72. The van der Waals surface area contributed by atoms with E-state index in [9.17, 15) is 18.4 Å². The molecule has 2 aromatic carbocycles. The number of rotatable bonds is 9. The zero-order valence-electron chi connectivity index (χ0n) is 17.4. The maximum absolute atomic E-state index is 12.3. The van der Waals surface area contributed by atoms with Gasteiger partial charge in [-0.25, -0.2) is 4.98 Å². The molecule has 0 bridgehead atoms. The summed E-state index contributed by atoms with van der Waals surface area (Å²) in [7, 11) is 0. The van der Waals surface area contributed by atoms with Crippen LogP contribution in [0, 0.1) is 6.92 Å². The number of ether oxygens (including phenoxy) is 2. The summed E-state index contributed by atoms with van der Waals surface area (Å²) in [6.45, 7) is 1.12. The summed E-state index contributed by atoms with van der Waals surface area (Å²) in [6.07, 6.45) is 0. The fraction of sp³-hybridized carbons (Fsp3) is 0.227. The van der Waals surface area contributed by atoms with E-state index in [0.717, 1.165) is 4.88 Å². The molecule has 0 atom stereocenters. The van der Waals surface area contributed by atoms with Crippen LogP contribution >= 0.6 is 11.3 Å². The summed E-state index contributed by atoms with van der Waals surface area (Å²) in [4.78, 5) is 29.7. The molecule has 0 radical (unpaired) electrons. The van der Waals surface area contributed by atoms with Crippen LogP contribution in [0.5, 0.6) is 11.5 Å². The van der Waals surface area contributed by atoms with E-state index < -0.39 is 12.5 Å². The normalized spacial score (nSPS) is 10.7. The minimum atomic E-state index is -2.89. The van der Waals surface area contributed by atoms with Crippen LogP contribution in [0.15, 0.2) is 48.5 Å². The van der Waals surface area contributed by atoms with Crippen LogP contribution in [0.2, 0.25) is 0 Å². The maximum Gasteiger partial charge on any atom is 0.387 e. The number of aryl methyl sites for hydroxylation is 1. The second-order valence-electron chi connectivity index (χ2n) is 6.51. The van der Waals surface area contributed by atoms with Crippen molar-refractivity contribution < 1.29 is 27.8 Å². The average Bonchev–Trinajstić information content (AvgIpc) is 3.12. The predicted molar refractivity (Wildman–Crippen MR) is 117 cm³/mol. The first-order valence-corrected chi connectivity index (χ1v) is 10.5. The van der Waals surface area contributed by atoms with Crippen LogP contribution in [-0.2, 0) is 4.79 Å². The van der Waals surface area contributed by atoms with Gasteiger partial charge in [-0.1, -0.05) is 0 Å². The van der Waals surface area contributed by atoms with E-state index >= 15 is 0 Å².